The highest BCUT2D eigenvalue weighted by atomic mass is 16.3. The number of hydrogen-bond acceptors (Lipinski definition) is 1. The molecule has 96 valence electrons. The standard InChI is InChI=1S/C17H22O/c1-13(2)6-5-9-17(18)16-11-10-14-7-3-4-8-15(14)12-16/h3-4,7-8,10-13,17-18H,5-6,9H2,1-2H3. The van der Waals surface area contributed by atoms with E-state index in [4.69, 9.17) is 0 Å². The monoisotopic (exact) mass is 242 g/mol. The Labute approximate surface area is 109 Å². The second-order valence-electron chi connectivity index (χ2n) is 5.45. The van der Waals surface area contributed by atoms with Gasteiger partial charge in [0.1, 0.15) is 0 Å². The fourth-order valence-corrected chi connectivity index (χ4v) is 2.30. The molecule has 0 aliphatic heterocycles. The SMILES string of the molecule is CC(C)CCCC(O)c1ccc2ccccc2c1. The van der Waals surface area contributed by atoms with E-state index in [0.717, 1.165) is 18.4 Å². The number of hydrogen-bond donors (Lipinski definition) is 1. The second-order valence-corrected chi connectivity index (χ2v) is 5.45. The zero-order valence-electron chi connectivity index (χ0n) is 11.3. The van der Waals surface area contributed by atoms with Crippen molar-refractivity contribution in [3.8, 4) is 0 Å². The molecule has 2 aromatic carbocycles. The van der Waals surface area contributed by atoms with Crippen molar-refractivity contribution in [3.05, 3.63) is 48.0 Å². The van der Waals surface area contributed by atoms with E-state index in [1.165, 1.54) is 17.2 Å². The molecule has 0 aliphatic carbocycles. The van der Waals surface area contributed by atoms with Gasteiger partial charge < -0.3 is 5.11 Å². The minimum atomic E-state index is -0.326. The van der Waals surface area contributed by atoms with Crippen LogP contribution in [0.25, 0.3) is 10.8 Å². The Morgan fingerprint density at radius 1 is 0.944 bits per heavy atom. The molecule has 18 heavy (non-hydrogen) atoms. The molecule has 1 nitrogen and oxygen atoms in total. The minimum Gasteiger partial charge on any atom is -0.388 e. The summed E-state index contributed by atoms with van der Waals surface area (Å²) in [6, 6.07) is 14.5. The Hall–Kier alpha value is -1.34. The van der Waals surface area contributed by atoms with E-state index < -0.39 is 0 Å². The Balaban J connectivity index is 2.06. The van der Waals surface area contributed by atoms with E-state index in [0.29, 0.717) is 5.92 Å². The predicted molar refractivity (Wildman–Crippen MR) is 77.6 cm³/mol. The fraction of sp³-hybridized carbons (Fsp3) is 0.412. The summed E-state index contributed by atoms with van der Waals surface area (Å²) in [4.78, 5) is 0. The first kappa shape index (κ1) is 13.1. The van der Waals surface area contributed by atoms with Crippen LogP contribution in [0.1, 0.15) is 44.8 Å². The summed E-state index contributed by atoms with van der Waals surface area (Å²) in [6.07, 6.45) is 2.81. The van der Waals surface area contributed by atoms with Crippen LogP contribution in [0.3, 0.4) is 0 Å². The molecule has 0 radical (unpaired) electrons. The smallest absolute Gasteiger partial charge is 0.0790 e. The molecule has 0 heterocycles. The molecule has 0 aliphatic rings. The third-order valence-corrected chi connectivity index (χ3v) is 3.42. The van der Waals surface area contributed by atoms with Gasteiger partial charge in [-0.25, -0.2) is 0 Å². The summed E-state index contributed by atoms with van der Waals surface area (Å²) in [6.45, 7) is 4.45. The maximum Gasteiger partial charge on any atom is 0.0790 e. The van der Waals surface area contributed by atoms with Crippen LogP contribution in [0.15, 0.2) is 42.5 Å². The highest BCUT2D eigenvalue weighted by Gasteiger charge is 2.08. The molecule has 0 amide bonds. The molecular weight excluding hydrogens is 220 g/mol. The molecule has 1 heteroatoms. The summed E-state index contributed by atoms with van der Waals surface area (Å²) < 4.78 is 0. The lowest BCUT2D eigenvalue weighted by Crippen LogP contribution is -1.98. The van der Waals surface area contributed by atoms with Crippen molar-refractivity contribution in [2.24, 2.45) is 5.92 Å². The maximum absolute atomic E-state index is 10.2. The molecule has 1 N–H and O–H groups in total. The highest BCUT2D eigenvalue weighted by Crippen LogP contribution is 2.24. The molecular formula is C17H22O. The molecule has 0 spiro atoms. The Morgan fingerprint density at radius 3 is 2.39 bits per heavy atom. The highest BCUT2D eigenvalue weighted by molar-refractivity contribution is 5.83. The zero-order valence-corrected chi connectivity index (χ0v) is 11.3. The lowest BCUT2D eigenvalue weighted by molar-refractivity contribution is 0.162. The molecule has 0 aromatic heterocycles. The van der Waals surface area contributed by atoms with Crippen molar-refractivity contribution in [1.82, 2.24) is 0 Å². The largest absolute Gasteiger partial charge is 0.388 e. The second kappa shape index (κ2) is 6.01. The first-order valence-electron chi connectivity index (χ1n) is 6.83. The van der Waals surface area contributed by atoms with Gasteiger partial charge >= 0.3 is 0 Å². The first-order chi connectivity index (χ1) is 8.66. The lowest BCUT2D eigenvalue weighted by atomic mass is 9.98. The Bertz CT molecular complexity index is 502. The molecule has 1 atom stereocenters. The van der Waals surface area contributed by atoms with Crippen molar-refractivity contribution < 1.29 is 5.11 Å². The Kier molecular flexibility index (Phi) is 4.38. The topological polar surface area (TPSA) is 20.2 Å². The average Bonchev–Trinajstić information content (AvgIpc) is 2.37. The fourth-order valence-electron chi connectivity index (χ4n) is 2.30. The van der Waals surface area contributed by atoms with Gasteiger partial charge in [-0.3, -0.25) is 0 Å². The van der Waals surface area contributed by atoms with Crippen LogP contribution in [0.5, 0.6) is 0 Å². The number of aliphatic hydroxyl groups excluding tert-OH is 1. The van der Waals surface area contributed by atoms with Crippen molar-refractivity contribution in [2.75, 3.05) is 0 Å². The summed E-state index contributed by atoms with van der Waals surface area (Å²) in [5, 5.41) is 12.6. The molecule has 2 rings (SSSR count). The normalized spacial score (nSPS) is 13.1. The van der Waals surface area contributed by atoms with Gasteiger partial charge in [0, 0.05) is 0 Å². The van der Waals surface area contributed by atoms with Gasteiger partial charge in [-0.1, -0.05) is 63.1 Å². The van der Waals surface area contributed by atoms with Gasteiger partial charge in [0.05, 0.1) is 6.10 Å². The summed E-state index contributed by atoms with van der Waals surface area (Å²) in [7, 11) is 0. The van der Waals surface area contributed by atoms with E-state index in [2.05, 4.69) is 38.1 Å². The van der Waals surface area contributed by atoms with Gasteiger partial charge in [-0.05, 0) is 34.7 Å². The van der Waals surface area contributed by atoms with Crippen LogP contribution in [0.4, 0.5) is 0 Å². The predicted octanol–water partition coefficient (Wildman–Crippen LogP) is 4.70. The summed E-state index contributed by atoms with van der Waals surface area (Å²) in [5.74, 6) is 0.716. The maximum atomic E-state index is 10.2. The summed E-state index contributed by atoms with van der Waals surface area (Å²) >= 11 is 0. The van der Waals surface area contributed by atoms with Crippen LogP contribution in [-0.2, 0) is 0 Å². The molecule has 0 saturated carbocycles. The molecule has 0 saturated heterocycles. The van der Waals surface area contributed by atoms with Crippen molar-refractivity contribution in [1.29, 1.82) is 0 Å². The van der Waals surface area contributed by atoms with Crippen LogP contribution in [0.2, 0.25) is 0 Å². The number of benzene rings is 2. The number of aliphatic hydroxyl groups is 1. The van der Waals surface area contributed by atoms with Crippen molar-refractivity contribution >= 4 is 10.8 Å². The van der Waals surface area contributed by atoms with E-state index >= 15 is 0 Å². The molecule has 0 bridgehead atoms. The van der Waals surface area contributed by atoms with Crippen LogP contribution in [-0.4, -0.2) is 5.11 Å². The lowest BCUT2D eigenvalue weighted by Gasteiger charge is -2.12. The van der Waals surface area contributed by atoms with Crippen LogP contribution >= 0.6 is 0 Å². The van der Waals surface area contributed by atoms with Crippen LogP contribution < -0.4 is 0 Å². The Morgan fingerprint density at radius 2 is 1.67 bits per heavy atom. The molecule has 2 aromatic rings. The van der Waals surface area contributed by atoms with E-state index in [9.17, 15) is 5.11 Å². The zero-order chi connectivity index (χ0) is 13.0. The van der Waals surface area contributed by atoms with Gasteiger partial charge in [-0.2, -0.15) is 0 Å². The molecule has 1 unspecified atom stereocenters. The summed E-state index contributed by atoms with van der Waals surface area (Å²) in [5.41, 5.74) is 1.04. The first-order valence-corrected chi connectivity index (χ1v) is 6.83. The van der Waals surface area contributed by atoms with Crippen LogP contribution in [0, 0.1) is 5.92 Å². The van der Waals surface area contributed by atoms with E-state index in [1.807, 2.05) is 18.2 Å². The quantitative estimate of drug-likeness (QED) is 0.805. The minimum absolute atomic E-state index is 0.326. The number of fused-ring (bicyclic) bond motifs is 1. The third kappa shape index (κ3) is 3.33. The van der Waals surface area contributed by atoms with Gasteiger partial charge in [-0.15, -0.1) is 0 Å². The van der Waals surface area contributed by atoms with Gasteiger partial charge in [0.15, 0.2) is 0 Å². The number of rotatable bonds is 5. The molecule has 0 fully saturated rings. The van der Waals surface area contributed by atoms with E-state index in [-0.39, 0.29) is 6.10 Å². The van der Waals surface area contributed by atoms with Crippen molar-refractivity contribution in [3.63, 3.8) is 0 Å². The van der Waals surface area contributed by atoms with Gasteiger partial charge in [0.25, 0.3) is 0 Å². The third-order valence-electron chi connectivity index (χ3n) is 3.42. The van der Waals surface area contributed by atoms with Gasteiger partial charge in [0.2, 0.25) is 0 Å². The van der Waals surface area contributed by atoms with Crippen molar-refractivity contribution in [2.45, 2.75) is 39.2 Å². The van der Waals surface area contributed by atoms with E-state index in [1.54, 1.807) is 0 Å². The average molecular weight is 242 g/mol.